The molecule has 1 amide bonds. The van der Waals surface area contributed by atoms with Gasteiger partial charge in [0.2, 0.25) is 5.91 Å². The van der Waals surface area contributed by atoms with Crippen LogP contribution in [0.15, 0.2) is 30.3 Å². The molecule has 0 unspecified atom stereocenters. The van der Waals surface area contributed by atoms with Crippen LogP contribution >= 0.6 is 0 Å². The average Bonchev–Trinajstić information content (AvgIpc) is 2.25. The van der Waals surface area contributed by atoms with Gasteiger partial charge in [0.25, 0.3) is 10.1 Å². The Bertz CT molecular complexity index is 539. The summed E-state index contributed by atoms with van der Waals surface area (Å²) in [6, 6.07) is 6.80. The van der Waals surface area contributed by atoms with Crippen LogP contribution < -0.4 is 5.32 Å². The van der Waals surface area contributed by atoms with Crippen LogP contribution in [0.4, 0.5) is 0 Å². The summed E-state index contributed by atoms with van der Waals surface area (Å²) in [4.78, 5) is 11.2. The number of phenols is 1. The molecule has 0 heterocycles. The van der Waals surface area contributed by atoms with Crippen LogP contribution in [0.3, 0.4) is 0 Å². The van der Waals surface area contributed by atoms with Crippen molar-refractivity contribution in [3.05, 3.63) is 35.9 Å². The summed E-state index contributed by atoms with van der Waals surface area (Å²) < 4.78 is 25.9. The van der Waals surface area contributed by atoms with Crippen molar-refractivity contribution in [3.63, 3.8) is 0 Å². The van der Waals surface area contributed by atoms with Crippen molar-refractivity contribution in [1.82, 2.24) is 5.32 Å². The molecule has 7 heteroatoms. The maximum absolute atomic E-state index is 11.2. The van der Waals surface area contributed by atoms with E-state index in [1.807, 2.05) is 13.8 Å². The molecule has 0 saturated heterocycles. The molecule has 20 heavy (non-hydrogen) atoms. The normalized spacial score (nSPS) is 11.1. The number of carbonyl (C=O) groups is 1. The summed E-state index contributed by atoms with van der Waals surface area (Å²) in [5.74, 6) is 0.108. The van der Waals surface area contributed by atoms with Crippen molar-refractivity contribution in [2.75, 3.05) is 6.26 Å². The van der Waals surface area contributed by atoms with Gasteiger partial charge in [0.05, 0.1) is 6.26 Å². The molecular weight excluding hydrogens is 282 g/mol. The molecule has 1 rings (SSSR count). The van der Waals surface area contributed by atoms with E-state index in [0.29, 0.717) is 6.26 Å². The van der Waals surface area contributed by atoms with Gasteiger partial charge in [-0.1, -0.05) is 12.1 Å². The molecule has 0 spiro atoms. The van der Waals surface area contributed by atoms with Crippen LogP contribution in [-0.4, -0.2) is 36.3 Å². The van der Waals surface area contributed by atoms with Gasteiger partial charge in [-0.15, -0.1) is 0 Å². The monoisotopic (exact) mass is 301 g/mol. The molecule has 0 fully saturated rings. The Morgan fingerprint density at radius 3 is 2.10 bits per heavy atom. The van der Waals surface area contributed by atoms with Crippen LogP contribution in [0.2, 0.25) is 0 Å². The second-order valence-corrected chi connectivity index (χ2v) is 5.79. The number of hydrogen-bond donors (Lipinski definition) is 3. The van der Waals surface area contributed by atoms with E-state index in [1.165, 1.54) is 6.08 Å². The Morgan fingerprint density at radius 2 is 1.70 bits per heavy atom. The lowest BCUT2D eigenvalue weighted by Crippen LogP contribution is -2.28. The smallest absolute Gasteiger partial charge is 0.261 e. The predicted molar refractivity (Wildman–Crippen MR) is 77.9 cm³/mol. The van der Waals surface area contributed by atoms with Gasteiger partial charge < -0.3 is 10.4 Å². The lowest BCUT2D eigenvalue weighted by Gasteiger charge is -2.03. The molecule has 0 saturated carbocycles. The summed E-state index contributed by atoms with van der Waals surface area (Å²) in [6.45, 7) is 3.82. The predicted octanol–water partition coefficient (Wildman–Crippen LogP) is 1.43. The Hall–Kier alpha value is -1.86. The van der Waals surface area contributed by atoms with E-state index in [2.05, 4.69) is 5.32 Å². The van der Waals surface area contributed by atoms with Crippen molar-refractivity contribution in [2.24, 2.45) is 0 Å². The van der Waals surface area contributed by atoms with Gasteiger partial charge in [-0.3, -0.25) is 9.35 Å². The van der Waals surface area contributed by atoms with Gasteiger partial charge in [-0.05, 0) is 37.6 Å². The highest BCUT2D eigenvalue weighted by Gasteiger charge is 1.97. The zero-order valence-corrected chi connectivity index (χ0v) is 12.4. The third-order valence-corrected chi connectivity index (χ3v) is 1.75. The van der Waals surface area contributed by atoms with Gasteiger partial charge >= 0.3 is 0 Å². The number of amides is 1. The third kappa shape index (κ3) is 12.6. The van der Waals surface area contributed by atoms with Gasteiger partial charge in [-0.2, -0.15) is 8.42 Å². The fourth-order valence-corrected chi connectivity index (χ4v) is 1.09. The maximum Gasteiger partial charge on any atom is 0.261 e. The van der Waals surface area contributed by atoms with E-state index in [0.717, 1.165) is 5.56 Å². The number of rotatable bonds is 3. The molecule has 0 radical (unpaired) electrons. The van der Waals surface area contributed by atoms with Gasteiger partial charge in [0.1, 0.15) is 5.75 Å². The van der Waals surface area contributed by atoms with Crippen molar-refractivity contribution in [3.8, 4) is 5.75 Å². The molecule has 3 N–H and O–H groups in total. The van der Waals surface area contributed by atoms with Gasteiger partial charge in [0, 0.05) is 12.1 Å². The minimum Gasteiger partial charge on any atom is -0.508 e. The summed E-state index contributed by atoms with van der Waals surface area (Å²) >= 11 is 0. The molecule has 0 aromatic heterocycles. The van der Waals surface area contributed by atoms with E-state index in [1.54, 1.807) is 30.3 Å². The number of aromatic hydroxyl groups is 1. The minimum absolute atomic E-state index is 0.113. The van der Waals surface area contributed by atoms with Gasteiger partial charge in [0.15, 0.2) is 0 Å². The first-order chi connectivity index (χ1) is 9.08. The first kappa shape index (κ1) is 18.1. The minimum atomic E-state index is -3.67. The quantitative estimate of drug-likeness (QED) is 0.579. The van der Waals surface area contributed by atoms with E-state index in [4.69, 9.17) is 9.66 Å². The zero-order valence-electron chi connectivity index (χ0n) is 11.6. The lowest BCUT2D eigenvalue weighted by atomic mass is 10.2. The summed E-state index contributed by atoms with van der Waals surface area (Å²) in [5.41, 5.74) is 0.881. The Morgan fingerprint density at radius 1 is 1.25 bits per heavy atom. The fraction of sp³-hybridized carbons (Fsp3) is 0.308. The maximum atomic E-state index is 11.2. The molecule has 6 nitrogen and oxygen atoms in total. The highest BCUT2D eigenvalue weighted by molar-refractivity contribution is 7.85. The standard InChI is InChI=1S/C12H15NO2.CH4O3S/c1-9(2)13-12(15)8-5-10-3-6-11(14)7-4-10;1-5(2,3)4/h3-9,14H,1-2H3,(H,13,15);1H3,(H,2,3,4). The zero-order chi connectivity index (χ0) is 15.8. The molecule has 1 aromatic carbocycles. The van der Waals surface area contributed by atoms with E-state index in [-0.39, 0.29) is 17.7 Å². The molecule has 0 atom stereocenters. The summed E-state index contributed by atoms with van der Waals surface area (Å²) in [6.07, 6.45) is 3.90. The number of carbonyl (C=O) groups excluding carboxylic acids is 1. The van der Waals surface area contributed by atoms with Crippen LogP contribution in [0.5, 0.6) is 5.75 Å². The number of phenolic OH excluding ortho intramolecular Hbond substituents is 1. The number of benzene rings is 1. The Balaban J connectivity index is 0.000000621. The SMILES string of the molecule is CC(C)NC(=O)C=Cc1ccc(O)cc1.CS(=O)(=O)O. The van der Waals surface area contributed by atoms with Crippen LogP contribution in [-0.2, 0) is 14.9 Å². The number of hydrogen-bond acceptors (Lipinski definition) is 4. The average molecular weight is 301 g/mol. The van der Waals surface area contributed by atoms with E-state index >= 15 is 0 Å². The fourth-order valence-electron chi connectivity index (χ4n) is 1.09. The summed E-state index contributed by atoms with van der Waals surface area (Å²) in [5, 5.41) is 11.8. The first-order valence-electron chi connectivity index (χ1n) is 5.78. The van der Waals surface area contributed by atoms with Crippen molar-refractivity contribution >= 4 is 22.1 Å². The highest BCUT2D eigenvalue weighted by Crippen LogP contribution is 2.10. The molecular formula is C13H19NO5S. The van der Waals surface area contributed by atoms with Gasteiger partial charge in [-0.25, -0.2) is 0 Å². The first-order valence-corrected chi connectivity index (χ1v) is 7.63. The van der Waals surface area contributed by atoms with Crippen LogP contribution in [0.25, 0.3) is 6.08 Å². The molecule has 0 bridgehead atoms. The second-order valence-electron chi connectivity index (χ2n) is 4.32. The van der Waals surface area contributed by atoms with Crippen molar-refractivity contribution < 1.29 is 22.9 Å². The molecule has 112 valence electrons. The molecule has 1 aromatic rings. The topological polar surface area (TPSA) is 104 Å². The second kappa shape index (κ2) is 8.34. The van der Waals surface area contributed by atoms with Crippen molar-refractivity contribution in [2.45, 2.75) is 19.9 Å². The highest BCUT2D eigenvalue weighted by atomic mass is 32.2. The van der Waals surface area contributed by atoms with Crippen molar-refractivity contribution in [1.29, 1.82) is 0 Å². The van der Waals surface area contributed by atoms with Crippen LogP contribution in [0, 0.1) is 0 Å². The molecule has 0 aliphatic rings. The van der Waals surface area contributed by atoms with E-state index in [9.17, 15) is 13.2 Å². The Kier molecular flexibility index (Phi) is 7.56. The molecule has 0 aliphatic heterocycles. The largest absolute Gasteiger partial charge is 0.508 e. The van der Waals surface area contributed by atoms with Crippen LogP contribution in [0.1, 0.15) is 19.4 Å². The third-order valence-electron chi connectivity index (χ3n) is 1.75. The number of nitrogens with one attached hydrogen (secondary N) is 1. The molecule has 0 aliphatic carbocycles. The Labute approximate surface area is 118 Å². The lowest BCUT2D eigenvalue weighted by molar-refractivity contribution is -0.116. The summed E-state index contributed by atoms with van der Waals surface area (Å²) in [7, 11) is -3.67. The van der Waals surface area contributed by atoms with E-state index < -0.39 is 10.1 Å².